The summed E-state index contributed by atoms with van der Waals surface area (Å²) in [4.78, 5) is 12.9. The number of sulfonamides is 1. The van der Waals surface area contributed by atoms with E-state index >= 15 is 0 Å². The topological polar surface area (TPSA) is 116 Å². The number of hydrazone groups is 1. The van der Waals surface area contributed by atoms with Crippen LogP contribution in [0, 0.1) is 0 Å². The Morgan fingerprint density at radius 2 is 1.49 bits per heavy atom. The smallest absolute Gasteiger partial charge is 0.264 e. The van der Waals surface area contributed by atoms with Crippen LogP contribution in [0.3, 0.4) is 0 Å². The molecular weight excluding hydrogens is 570 g/mol. The monoisotopic (exact) mass is 603 g/mol. The van der Waals surface area contributed by atoms with Crippen LogP contribution in [0.5, 0.6) is 23.0 Å². The van der Waals surface area contributed by atoms with Crippen LogP contribution >= 0.6 is 0 Å². The number of carbonyl (C=O) groups excluding carboxylic acids is 1. The number of nitrogens with one attached hydrogen (secondary N) is 1. The number of ether oxygens (including phenoxy) is 4. The van der Waals surface area contributed by atoms with E-state index in [1.54, 1.807) is 48.5 Å². The van der Waals surface area contributed by atoms with Crippen molar-refractivity contribution in [1.82, 2.24) is 5.43 Å². The molecule has 1 amide bonds. The van der Waals surface area contributed by atoms with Gasteiger partial charge in [-0.1, -0.05) is 48.5 Å². The molecule has 0 saturated heterocycles. The first-order chi connectivity index (χ1) is 20.8. The van der Waals surface area contributed by atoms with Crippen LogP contribution in [0.15, 0.2) is 107 Å². The average molecular weight is 604 g/mol. The molecule has 0 heterocycles. The number of hydrogen-bond acceptors (Lipinski definition) is 8. The number of anilines is 1. The normalized spacial score (nSPS) is 11.1. The van der Waals surface area contributed by atoms with Gasteiger partial charge in [0.25, 0.3) is 15.9 Å². The van der Waals surface area contributed by atoms with Crippen LogP contribution in [0.2, 0.25) is 0 Å². The van der Waals surface area contributed by atoms with Crippen LogP contribution in [0.25, 0.3) is 0 Å². The van der Waals surface area contributed by atoms with Gasteiger partial charge in [-0.05, 0) is 60.5 Å². The van der Waals surface area contributed by atoms with Gasteiger partial charge in [0.15, 0.2) is 23.0 Å². The van der Waals surface area contributed by atoms with E-state index in [2.05, 4.69) is 10.5 Å². The third-order valence-electron chi connectivity index (χ3n) is 6.18. The molecule has 0 aliphatic rings. The number of nitrogens with zero attached hydrogens (tertiary/aromatic N) is 2. The van der Waals surface area contributed by atoms with Gasteiger partial charge in [-0.15, -0.1) is 0 Å². The van der Waals surface area contributed by atoms with Gasteiger partial charge in [0, 0.05) is 6.07 Å². The number of carbonyl (C=O) groups is 1. The zero-order chi connectivity index (χ0) is 30.7. The maximum absolute atomic E-state index is 13.7. The summed E-state index contributed by atoms with van der Waals surface area (Å²) in [6.45, 7) is 2.17. The lowest BCUT2D eigenvalue weighted by Gasteiger charge is -2.24. The van der Waals surface area contributed by atoms with Crippen molar-refractivity contribution < 1.29 is 32.2 Å². The van der Waals surface area contributed by atoms with Crippen LogP contribution in [0.1, 0.15) is 18.1 Å². The SMILES string of the molecule is CCOc1cc(/C=N\NC(=O)CN(c2ccccc2)S(=O)(=O)c2ccc(OC)c(OC)c2)ccc1OCc1ccccc1. The summed E-state index contributed by atoms with van der Waals surface area (Å²) in [7, 11) is -1.30. The quantitative estimate of drug-likeness (QED) is 0.159. The molecule has 0 atom stereocenters. The Kier molecular flexibility index (Phi) is 10.6. The minimum Gasteiger partial charge on any atom is -0.493 e. The second kappa shape index (κ2) is 14.7. The van der Waals surface area contributed by atoms with Crippen molar-refractivity contribution in [3.05, 3.63) is 108 Å². The fourth-order valence-corrected chi connectivity index (χ4v) is 5.52. The predicted octanol–water partition coefficient (Wildman–Crippen LogP) is 5.03. The summed E-state index contributed by atoms with van der Waals surface area (Å²) in [6, 6.07) is 27.6. The lowest BCUT2D eigenvalue weighted by Crippen LogP contribution is -2.39. The van der Waals surface area contributed by atoms with Gasteiger partial charge in [-0.25, -0.2) is 13.8 Å². The van der Waals surface area contributed by atoms with Crippen LogP contribution in [-0.4, -0.2) is 47.9 Å². The van der Waals surface area contributed by atoms with Crippen molar-refractivity contribution in [3.8, 4) is 23.0 Å². The highest BCUT2D eigenvalue weighted by Crippen LogP contribution is 2.32. The number of para-hydroxylation sites is 1. The van der Waals surface area contributed by atoms with Gasteiger partial charge >= 0.3 is 0 Å². The van der Waals surface area contributed by atoms with Crippen molar-refractivity contribution >= 4 is 27.8 Å². The highest BCUT2D eigenvalue weighted by molar-refractivity contribution is 7.92. The molecule has 0 unspecified atom stereocenters. The fraction of sp³-hybridized carbons (Fsp3) is 0.188. The molecule has 1 N–H and O–H groups in total. The fourth-order valence-electron chi connectivity index (χ4n) is 4.09. The highest BCUT2D eigenvalue weighted by Gasteiger charge is 2.28. The molecule has 11 heteroatoms. The Morgan fingerprint density at radius 3 is 2.16 bits per heavy atom. The van der Waals surface area contributed by atoms with Crippen molar-refractivity contribution in [2.75, 3.05) is 31.7 Å². The number of amides is 1. The maximum Gasteiger partial charge on any atom is 0.264 e. The van der Waals surface area contributed by atoms with E-state index in [-0.39, 0.29) is 10.6 Å². The molecule has 0 aromatic heterocycles. The Balaban J connectivity index is 1.48. The second-order valence-corrected chi connectivity index (χ2v) is 10.9. The van der Waals surface area contributed by atoms with Gasteiger partial charge in [0.05, 0.1) is 37.6 Å². The summed E-state index contributed by atoms with van der Waals surface area (Å²) in [5.74, 6) is 1.09. The molecule has 10 nitrogen and oxygen atoms in total. The number of rotatable bonds is 14. The maximum atomic E-state index is 13.7. The van der Waals surface area contributed by atoms with E-state index < -0.39 is 22.5 Å². The first kappa shape index (κ1) is 30.9. The number of hydrogen-bond donors (Lipinski definition) is 1. The minimum atomic E-state index is -4.17. The zero-order valence-corrected chi connectivity index (χ0v) is 24.9. The lowest BCUT2D eigenvalue weighted by molar-refractivity contribution is -0.119. The standard InChI is InChI=1S/C32H33N3O7S/c1-4-41-31-19-25(15-17-29(31)42-23-24-11-7-5-8-12-24)21-33-34-32(36)22-35(26-13-9-6-10-14-26)43(37,38)27-16-18-28(39-2)30(20-27)40-3/h5-21H,4,22-23H2,1-3H3,(H,34,36)/b33-21-. The molecule has 0 saturated carbocycles. The van der Waals surface area contributed by atoms with E-state index in [1.807, 2.05) is 37.3 Å². The van der Waals surface area contributed by atoms with E-state index in [4.69, 9.17) is 18.9 Å². The summed E-state index contributed by atoms with van der Waals surface area (Å²) >= 11 is 0. The van der Waals surface area contributed by atoms with Crippen LogP contribution < -0.4 is 28.7 Å². The second-order valence-electron chi connectivity index (χ2n) is 9.07. The van der Waals surface area contributed by atoms with Gasteiger partial charge in [-0.3, -0.25) is 9.10 Å². The van der Waals surface area contributed by atoms with Gasteiger partial charge in [0.1, 0.15) is 13.2 Å². The molecular formula is C32H33N3O7S. The molecule has 0 radical (unpaired) electrons. The van der Waals surface area contributed by atoms with Gasteiger partial charge in [-0.2, -0.15) is 5.10 Å². The predicted molar refractivity (Wildman–Crippen MR) is 165 cm³/mol. The van der Waals surface area contributed by atoms with Gasteiger partial charge in [0.2, 0.25) is 0 Å². The van der Waals surface area contributed by atoms with Crippen molar-refractivity contribution in [2.24, 2.45) is 5.10 Å². The summed E-state index contributed by atoms with van der Waals surface area (Å²) in [5, 5.41) is 4.04. The van der Waals surface area contributed by atoms with Crippen molar-refractivity contribution in [1.29, 1.82) is 0 Å². The minimum absolute atomic E-state index is 0.0664. The molecule has 0 aliphatic heterocycles. The molecule has 0 spiro atoms. The highest BCUT2D eigenvalue weighted by atomic mass is 32.2. The molecule has 0 fully saturated rings. The number of benzene rings is 4. The third kappa shape index (κ3) is 8.04. The third-order valence-corrected chi connectivity index (χ3v) is 7.95. The molecule has 224 valence electrons. The molecule has 43 heavy (non-hydrogen) atoms. The Bertz CT molecular complexity index is 1650. The first-order valence-corrected chi connectivity index (χ1v) is 14.8. The Labute approximate surface area is 251 Å². The van der Waals surface area contributed by atoms with Crippen LogP contribution in [0.4, 0.5) is 5.69 Å². The largest absolute Gasteiger partial charge is 0.493 e. The Morgan fingerprint density at radius 1 is 0.814 bits per heavy atom. The van der Waals surface area contributed by atoms with E-state index in [9.17, 15) is 13.2 Å². The average Bonchev–Trinajstić information content (AvgIpc) is 3.03. The van der Waals surface area contributed by atoms with Crippen molar-refractivity contribution in [3.63, 3.8) is 0 Å². The van der Waals surface area contributed by atoms with Gasteiger partial charge < -0.3 is 18.9 Å². The molecule has 4 rings (SSSR count). The van der Waals surface area contributed by atoms with E-state index in [0.717, 1.165) is 9.87 Å². The van der Waals surface area contributed by atoms with E-state index in [1.165, 1.54) is 38.6 Å². The summed E-state index contributed by atoms with van der Waals surface area (Å²) in [6.07, 6.45) is 1.44. The Hall–Kier alpha value is -5.03. The lowest BCUT2D eigenvalue weighted by atomic mass is 10.2. The molecule has 4 aromatic rings. The van der Waals surface area contributed by atoms with Crippen molar-refractivity contribution in [2.45, 2.75) is 18.4 Å². The first-order valence-electron chi connectivity index (χ1n) is 13.4. The molecule has 0 aliphatic carbocycles. The van der Waals surface area contributed by atoms with Crippen LogP contribution in [-0.2, 0) is 21.4 Å². The summed E-state index contributed by atoms with van der Waals surface area (Å²) in [5.41, 5.74) is 4.40. The molecule has 4 aromatic carbocycles. The van der Waals surface area contributed by atoms with E-state index in [0.29, 0.717) is 41.7 Å². The molecule has 0 bridgehead atoms. The zero-order valence-electron chi connectivity index (χ0n) is 24.1. The number of methoxy groups -OCH3 is 2. The summed E-state index contributed by atoms with van der Waals surface area (Å²) < 4.78 is 50.6.